The van der Waals surface area contributed by atoms with Crippen LogP contribution < -0.4 is 10.0 Å². The monoisotopic (exact) mass is 358 g/mol. The normalized spacial score (nSPS) is 11.3. The van der Waals surface area contributed by atoms with Crippen LogP contribution in [0.4, 0.5) is 15.8 Å². The van der Waals surface area contributed by atoms with Crippen LogP contribution >= 0.6 is 15.9 Å². The zero-order valence-corrected chi connectivity index (χ0v) is 12.9. The minimum atomic E-state index is -3.86. The number of sulfonamides is 1. The predicted molar refractivity (Wildman–Crippen MR) is 80.5 cm³/mol. The first-order chi connectivity index (χ1) is 9.34. The van der Waals surface area contributed by atoms with Crippen molar-refractivity contribution >= 4 is 37.3 Å². The van der Waals surface area contributed by atoms with Crippen molar-refractivity contribution in [2.45, 2.75) is 4.90 Å². The van der Waals surface area contributed by atoms with E-state index < -0.39 is 15.8 Å². The van der Waals surface area contributed by atoms with E-state index in [1.165, 1.54) is 43.4 Å². The Morgan fingerprint density at radius 1 is 1.20 bits per heavy atom. The van der Waals surface area contributed by atoms with Crippen LogP contribution in [0, 0.1) is 5.82 Å². The second-order valence-corrected chi connectivity index (χ2v) is 6.93. The Hall–Kier alpha value is -1.60. The molecule has 0 bridgehead atoms. The lowest BCUT2D eigenvalue weighted by atomic mass is 10.3. The van der Waals surface area contributed by atoms with Gasteiger partial charge in [-0.3, -0.25) is 4.31 Å². The molecule has 20 heavy (non-hydrogen) atoms. The average molecular weight is 359 g/mol. The van der Waals surface area contributed by atoms with E-state index in [0.29, 0.717) is 10.2 Å². The molecule has 0 saturated heterocycles. The van der Waals surface area contributed by atoms with E-state index in [1.54, 1.807) is 6.07 Å². The summed E-state index contributed by atoms with van der Waals surface area (Å²) in [6.07, 6.45) is 0. The molecule has 0 unspecified atom stereocenters. The van der Waals surface area contributed by atoms with Gasteiger partial charge >= 0.3 is 0 Å². The minimum Gasteiger partial charge on any atom is -0.398 e. The molecule has 7 heteroatoms. The summed E-state index contributed by atoms with van der Waals surface area (Å²) in [5, 5.41) is 0. The number of nitrogens with two attached hydrogens (primary N) is 1. The molecule has 0 spiro atoms. The van der Waals surface area contributed by atoms with E-state index in [2.05, 4.69) is 15.9 Å². The van der Waals surface area contributed by atoms with E-state index in [4.69, 9.17) is 5.73 Å². The molecule has 0 aromatic heterocycles. The summed E-state index contributed by atoms with van der Waals surface area (Å²) in [6, 6.07) is 9.95. The van der Waals surface area contributed by atoms with Gasteiger partial charge in [0.15, 0.2) is 0 Å². The molecule has 0 fully saturated rings. The van der Waals surface area contributed by atoms with Gasteiger partial charge < -0.3 is 5.73 Å². The van der Waals surface area contributed by atoms with E-state index in [-0.39, 0.29) is 10.6 Å². The maximum absolute atomic E-state index is 13.7. The highest BCUT2D eigenvalue weighted by molar-refractivity contribution is 9.10. The fourth-order valence-corrected chi connectivity index (χ4v) is 3.16. The van der Waals surface area contributed by atoms with Crippen molar-refractivity contribution in [2.24, 2.45) is 0 Å². The van der Waals surface area contributed by atoms with Crippen LogP contribution in [-0.4, -0.2) is 15.5 Å². The van der Waals surface area contributed by atoms with Crippen LogP contribution in [0.15, 0.2) is 51.8 Å². The first-order valence-corrected chi connectivity index (χ1v) is 7.86. The highest BCUT2D eigenvalue weighted by Crippen LogP contribution is 2.28. The molecule has 0 aliphatic rings. The Bertz CT molecular complexity index is 750. The van der Waals surface area contributed by atoms with Crippen molar-refractivity contribution in [1.82, 2.24) is 0 Å². The zero-order valence-electron chi connectivity index (χ0n) is 10.5. The number of para-hydroxylation sites is 1. The number of halogens is 2. The summed E-state index contributed by atoms with van der Waals surface area (Å²) >= 11 is 3.20. The van der Waals surface area contributed by atoms with Gasteiger partial charge in [-0.05, 0) is 46.3 Å². The smallest absolute Gasteiger partial charge is 0.264 e. The average Bonchev–Trinajstić information content (AvgIpc) is 2.41. The maximum Gasteiger partial charge on any atom is 0.264 e. The third-order valence-corrected chi connectivity index (χ3v) is 5.31. The van der Waals surface area contributed by atoms with Crippen LogP contribution in [-0.2, 0) is 10.0 Å². The van der Waals surface area contributed by atoms with Gasteiger partial charge in [-0.1, -0.05) is 12.1 Å². The topological polar surface area (TPSA) is 63.4 Å². The van der Waals surface area contributed by atoms with E-state index in [9.17, 15) is 12.8 Å². The van der Waals surface area contributed by atoms with Crippen molar-refractivity contribution < 1.29 is 12.8 Å². The molecular weight excluding hydrogens is 347 g/mol. The second kappa shape index (κ2) is 5.41. The summed E-state index contributed by atoms with van der Waals surface area (Å²) < 4.78 is 40.1. The summed E-state index contributed by atoms with van der Waals surface area (Å²) in [5.74, 6) is -0.608. The van der Waals surface area contributed by atoms with E-state index in [0.717, 1.165) is 4.31 Å². The quantitative estimate of drug-likeness (QED) is 0.857. The molecule has 2 aromatic rings. The number of nitrogens with zero attached hydrogens (tertiary/aromatic N) is 1. The molecule has 0 aliphatic heterocycles. The van der Waals surface area contributed by atoms with Gasteiger partial charge in [-0.15, -0.1) is 0 Å². The molecule has 0 aliphatic carbocycles. The summed E-state index contributed by atoms with van der Waals surface area (Å²) in [6.45, 7) is 0. The highest BCUT2D eigenvalue weighted by atomic mass is 79.9. The van der Waals surface area contributed by atoms with Gasteiger partial charge in [0.25, 0.3) is 10.0 Å². The van der Waals surface area contributed by atoms with Crippen molar-refractivity contribution in [2.75, 3.05) is 17.1 Å². The van der Waals surface area contributed by atoms with Gasteiger partial charge in [-0.25, -0.2) is 12.8 Å². The Balaban J connectivity index is 2.50. The second-order valence-electron chi connectivity index (χ2n) is 4.11. The van der Waals surface area contributed by atoms with Crippen LogP contribution in [0.5, 0.6) is 0 Å². The first-order valence-electron chi connectivity index (χ1n) is 5.62. The first kappa shape index (κ1) is 14.8. The molecule has 0 heterocycles. The molecule has 106 valence electrons. The molecule has 0 radical (unpaired) electrons. The van der Waals surface area contributed by atoms with Gasteiger partial charge in [0.1, 0.15) is 5.82 Å². The Labute approximate surface area is 125 Å². The molecule has 0 atom stereocenters. The molecule has 2 rings (SSSR count). The van der Waals surface area contributed by atoms with Crippen molar-refractivity contribution in [1.29, 1.82) is 0 Å². The van der Waals surface area contributed by atoms with Gasteiger partial charge in [0.05, 0.1) is 10.6 Å². The number of nitrogen functional groups attached to an aromatic ring is 1. The summed E-state index contributed by atoms with van der Waals surface area (Å²) in [7, 11) is -2.56. The van der Waals surface area contributed by atoms with Crippen LogP contribution in [0.25, 0.3) is 0 Å². The Morgan fingerprint density at radius 2 is 1.85 bits per heavy atom. The van der Waals surface area contributed by atoms with E-state index in [1.807, 2.05) is 0 Å². The zero-order chi connectivity index (χ0) is 14.9. The van der Waals surface area contributed by atoms with E-state index >= 15 is 0 Å². The summed E-state index contributed by atoms with van der Waals surface area (Å²) in [4.78, 5) is 0.00366. The molecule has 2 aromatic carbocycles. The standard InChI is InChI=1S/C13H12BrFN2O2S/c1-17(13-5-3-2-4-11(13)15)20(18,19)9-6-7-10(14)12(16)8-9/h2-8H,16H2,1H3. The SMILES string of the molecule is CN(c1ccccc1F)S(=O)(=O)c1ccc(Br)c(N)c1. The largest absolute Gasteiger partial charge is 0.398 e. The fraction of sp³-hybridized carbons (Fsp3) is 0.0769. The highest BCUT2D eigenvalue weighted by Gasteiger charge is 2.23. The van der Waals surface area contributed by atoms with Crippen LogP contribution in [0.3, 0.4) is 0 Å². The minimum absolute atomic E-state index is 0.00366. The van der Waals surface area contributed by atoms with Crippen LogP contribution in [0.1, 0.15) is 0 Å². The summed E-state index contributed by atoms with van der Waals surface area (Å²) in [5.41, 5.74) is 5.96. The molecule has 2 N–H and O–H groups in total. The predicted octanol–water partition coefficient (Wildman–Crippen LogP) is 3.00. The number of hydrogen-bond donors (Lipinski definition) is 1. The van der Waals surface area contributed by atoms with Crippen molar-refractivity contribution in [3.63, 3.8) is 0 Å². The Morgan fingerprint density at radius 3 is 2.45 bits per heavy atom. The molecule has 0 saturated carbocycles. The number of hydrogen-bond acceptors (Lipinski definition) is 3. The maximum atomic E-state index is 13.7. The fourth-order valence-electron chi connectivity index (χ4n) is 1.68. The van der Waals surface area contributed by atoms with Gasteiger partial charge in [0, 0.05) is 17.2 Å². The lowest BCUT2D eigenvalue weighted by molar-refractivity contribution is 0.589. The lowest BCUT2D eigenvalue weighted by Gasteiger charge is -2.20. The van der Waals surface area contributed by atoms with Crippen molar-refractivity contribution in [3.8, 4) is 0 Å². The number of rotatable bonds is 3. The Kier molecular flexibility index (Phi) is 4.01. The third kappa shape index (κ3) is 2.64. The van der Waals surface area contributed by atoms with Gasteiger partial charge in [-0.2, -0.15) is 0 Å². The number of anilines is 2. The lowest BCUT2D eigenvalue weighted by Crippen LogP contribution is -2.27. The number of benzene rings is 2. The molecule has 0 amide bonds. The molecular formula is C13H12BrFN2O2S. The van der Waals surface area contributed by atoms with Crippen molar-refractivity contribution in [3.05, 3.63) is 52.8 Å². The van der Waals surface area contributed by atoms with Gasteiger partial charge in [0.2, 0.25) is 0 Å². The molecule has 4 nitrogen and oxygen atoms in total. The third-order valence-electron chi connectivity index (χ3n) is 2.82. The van der Waals surface area contributed by atoms with Crippen LogP contribution in [0.2, 0.25) is 0 Å².